The monoisotopic (exact) mass is 1050 g/mol. The fourth-order valence-corrected chi connectivity index (χ4v) is 13.0. The molecular formula is C57H65FN12O5S. The first kappa shape index (κ1) is 50.0. The predicted molar refractivity (Wildman–Crippen MR) is 291 cm³/mol. The minimum Gasteiger partial charge on any atom is -0.508 e. The Kier molecular flexibility index (Phi) is 14.0. The lowest BCUT2D eigenvalue weighted by Gasteiger charge is -2.43. The van der Waals surface area contributed by atoms with Gasteiger partial charge >= 0.3 is 6.01 Å². The molecule has 2 bridgehead atoms. The number of carbonyl (C=O) groups is 2. The smallest absolute Gasteiger partial charge is 0.319 e. The molecule has 19 heteroatoms. The molecule has 396 valence electrons. The molecule has 3 aromatic carbocycles. The first-order valence-corrected chi connectivity index (χ1v) is 27.9. The van der Waals surface area contributed by atoms with Crippen LogP contribution in [0.1, 0.15) is 68.2 Å². The van der Waals surface area contributed by atoms with Crippen LogP contribution in [0.15, 0.2) is 76.9 Å². The van der Waals surface area contributed by atoms with Crippen LogP contribution >= 0.6 is 11.3 Å². The van der Waals surface area contributed by atoms with Crippen LogP contribution in [0, 0.1) is 18.7 Å². The van der Waals surface area contributed by atoms with Crippen LogP contribution in [-0.2, 0) is 22.4 Å². The number of hydrogen-bond donors (Lipinski definition) is 3. The van der Waals surface area contributed by atoms with Crippen LogP contribution in [0.2, 0.25) is 0 Å². The van der Waals surface area contributed by atoms with Gasteiger partial charge in [0.05, 0.1) is 33.9 Å². The number of ether oxygens (including phenoxy) is 1. The molecule has 0 radical (unpaired) electrons. The zero-order valence-electron chi connectivity index (χ0n) is 43.4. The summed E-state index contributed by atoms with van der Waals surface area (Å²) in [4.78, 5) is 58.0. The van der Waals surface area contributed by atoms with Gasteiger partial charge in [0, 0.05) is 108 Å². The predicted octanol–water partition coefficient (Wildman–Crippen LogP) is 7.16. The van der Waals surface area contributed by atoms with Crippen LogP contribution in [0.4, 0.5) is 16.0 Å². The quantitative estimate of drug-likeness (QED) is 0.0887. The van der Waals surface area contributed by atoms with Gasteiger partial charge in [-0.25, -0.2) is 9.37 Å². The molecule has 0 saturated carbocycles. The Morgan fingerprint density at radius 3 is 2.50 bits per heavy atom. The number of halogens is 1. The number of piperazine rings is 2. The second-order valence-corrected chi connectivity index (χ2v) is 22.2. The van der Waals surface area contributed by atoms with E-state index in [0.29, 0.717) is 66.6 Å². The largest absolute Gasteiger partial charge is 0.508 e. The molecule has 2 amide bonds. The van der Waals surface area contributed by atoms with E-state index in [1.54, 1.807) is 34.6 Å². The maximum absolute atomic E-state index is 17.1. The summed E-state index contributed by atoms with van der Waals surface area (Å²) < 4.78 is 29.1. The number of nitrogens with one attached hydrogen (secondary N) is 2. The van der Waals surface area contributed by atoms with Gasteiger partial charge in [-0.15, -0.1) is 11.3 Å². The summed E-state index contributed by atoms with van der Waals surface area (Å²) in [7, 11) is 0. The van der Waals surface area contributed by atoms with Crippen molar-refractivity contribution in [1.82, 2.24) is 50.4 Å². The standard InChI is InChI=1S/C57H65FN12O5S/c1-4-37-7-5-8-40-23-43(71)24-45(50(37)40)52-51(58)53-46(27-59-52)55(69-31-41-14-15-42(32-69)62-41)64-57(63-53)74-22-21-66-17-19-67(20-18-66)28-36-29-68(30-36)48-25-44(75-65-48)26-49(72)70-16-6-9-47(70)56(73)61-34(2)38-10-12-39(13-11-38)54-35(3)60-33-76-54/h5,7-8,10-13,23-25,27,33-34,36,41-42,47,62,71H,4,6,9,14-22,26,28-32H2,1-3H3,(H,61,73). The summed E-state index contributed by atoms with van der Waals surface area (Å²) in [5.41, 5.74) is 6.83. The lowest BCUT2D eigenvalue weighted by atomic mass is 9.95. The molecule has 3 N–H and O–H groups in total. The molecule has 12 rings (SSSR count). The molecule has 7 aromatic rings. The molecule has 0 aliphatic carbocycles. The Morgan fingerprint density at radius 2 is 1.74 bits per heavy atom. The minimum atomic E-state index is -0.563. The summed E-state index contributed by atoms with van der Waals surface area (Å²) in [6.07, 6.45) is 6.06. The summed E-state index contributed by atoms with van der Waals surface area (Å²) in [5.74, 6) is 1.57. The van der Waals surface area contributed by atoms with Crippen LogP contribution < -0.4 is 25.2 Å². The summed E-state index contributed by atoms with van der Waals surface area (Å²) >= 11 is 1.61. The van der Waals surface area contributed by atoms with Gasteiger partial charge in [-0.2, -0.15) is 9.97 Å². The third-order valence-corrected chi connectivity index (χ3v) is 17.2. The molecular weight excluding hydrogens is 984 g/mol. The summed E-state index contributed by atoms with van der Waals surface area (Å²) in [5, 5.41) is 24.1. The van der Waals surface area contributed by atoms with E-state index in [1.807, 2.05) is 55.8 Å². The average Bonchev–Trinajstić information content (AvgIpc) is 4.27. The van der Waals surface area contributed by atoms with Crippen LogP contribution in [0.5, 0.6) is 11.8 Å². The van der Waals surface area contributed by atoms with Gasteiger partial charge in [0.1, 0.15) is 41.2 Å². The Hall–Kier alpha value is -6.80. The zero-order chi connectivity index (χ0) is 52.0. The number of aromatic nitrogens is 5. The van der Waals surface area contributed by atoms with E-state index >= 15 is 4.39 Å². The highest BCUT2D eigenvalue weighted by molar-refractivity contribution is 7.13. The second kappa shape index (κ2) is 21.3. The highest BCUT2D eigenvalue weighted by Gasteiger charge is 2.37. The number of nitrogens with zero attached hydrogens (tertiary/aromatic N) is 10. The van der Waals surface area contributed by atoms with Gasteiger partial charge in [-0.05, 0) is 85.5 Å². The van der Waals surface area contributed by atoms with Gasteiger partial charge in [0.2, 0.25) is 11.8 Å². The van der Waals surface area contributed by atoms with Gasteiger partial charge in [-0.3, -0.25) is 19.5 Å². The van der Waals surface area contributed by atoms with E-state index in [2.05, 4.69) is 59.4 Å². The molecule has 5 saturated heterocycles. The van der Waals surface area contributed by atoms with Crippen molar-refractivity contribution in [3.8, 4) is 33.5 Å². The maximum Gasteiger partial charge on any atom is 0.319 e. The summed E-state index contributed by atoms with van der Waals surface area (Å²) in [6.45, 7) is 15.5. The van der Waals surface area contributed by atoms with E-state index in [4.69, 9.17) is 24.2 Å². The zero-order valence-corrected chi connectivity index (χ0v) is 44.2. The van der Waals surface area contributed by atoms with Crippen molar-refractivity contribution in [3.05, 3.63) is 101 Å². The van der Waals surface area contributed by atoms with Gasteiger partial charge < -0.3 is 44.6 Å². The topological polar surface area (TPSA) is 181 Å². The van der Waals surface area contributed by atoms with Gasteiger partial charge in [0.25, 0.3) is 0 Å². The van der Waals surface area contributed by atoms with Crippen LogP contribution in [0.3, 0.4) is 0 Å². The lowest BCUT2D eigenvalue weighted by molar-refractivity contribution is -0.138. The molecule has 5 fully saturated rings. The van der Waals surface area contributed by atoms with Crippen molar-refractivity contribution >= 4 is 56.5 Å². The van der Waals surface area contributed by atoms with Crippen molar-refractivity contribution in [3.63, 3.8) is 0 Å². The Bertz CT molecular complexity index is 3250. The van der Waals surface area contributed by atoms with Crippen molar-refractivity contribution in [2.75, 3.05) is 88.4 Å². The fraction of sp³-hybridized carbons (Fsp3) is 0.456. The number of thiazole rings is 1. The number of fused-ring (bicyclic) bond motifs is 4. The SMILES string of the molecule is CCc1cccc2cc(O)cc(-c3ncc4c(N5CC6CCC(C5)N6)nc(OCCN5CCN(CC6CN(c7cc(CC(=O)N8CCCC8C(=O)NC(C)c8ccc(-c9scnc9C)cc8)on7)C6)CC5)nc4c3F)c12. The molecule has 0 spiro atoms. The van der Waals surface area contributed by atoms with Crippen LogP contribution in [-0.4, -0.2) is 153 Å². The van der Waals surface area contributed by atoms with Crippen LogP contribution in [0.25, 0.3) is 43.4 Å². The number of aromatic hydroxyl groups is 1. The number of aryl methyl sites for hydroxylation is 2. The minimum absolute atomic E-state index is 0.0463. The third-order valence-electron chi connectivity index (χ3n) is 16.3. The fourth-order valence-electron chi connectivity index (χ4n) is 12.2. The van der Waals surface area contributed by atoms with E-state index in [9.17, 15) is 14.7 Å². The Balaban J connectivity index is 0.617. The number of rotatable bonds is 16. The lowest BCUT2D eigenvalue weighted by Crippen LogP contribution is -2.55. The number of phenolic OH excluding ortho intramolecular Hbond substituents is 1. The van der Waals surface area contributed by atoms with Crippen molar-refractivity contribution < 1.29 is 28.3 Å². The number of phenols is 1. The number of carbonyl (C=O) groups excluding carboxylic acids is 2. The maximum atomic E-state index is 17.1. The third kappa shape index (κ3) is 10.2. The van der Waals surface area contributed by atoms with Gasteiger partial charge in [-0.1, -0.05) is 54.5 Å². The van der Waals surface area contributed by atoms with Crippen molar-refractivity contribution in [2.24, 2.45) is 5.92 Å². The first-order chi connectivity index (χ1) is 37.0. The van der Waals surface area contributed by atoms with E-state index in [1.165, 1.54) is 0 Å². The number of benzene rings is 3. The average molecular weight is 1050 g/mol. The molecule has 4 unspecified atom stereocenters. The van der Waals surface area contributed by atoms with Gasteiger partial charge in [0.15, 0.2) is 11.6 Å². The second-order valence-electron chi connectivity index (χ2n) is 21.4. The normalized spacial score (nSPS) is 20.7. The number of pyridine rings is 1. The van der Waals surface area contributed by atoms with E-state index in [0.717, 1.165) is 128 Å². The summed E-state index contributed by atoms with van der Waals surface area (Å²) in [6, 6.07) is 19.4. The molecule has 5 aliphatic heterocycles. The number of amides is 2. The molecule has 4 atom stereocenters. The Morgan fingerprint density at radius 1 is 0.947 bits per heavy atom. The molecule has 9 heterocycles. The molecule has 17 nitrogen and oxygen atoms in total. The van der Waals surface area contributed by atoms with E-state index in [-0.39, 0.29) is 47.2 Å². The highest BCUT2D eigenvalue weighted by Crippen LogP contribution is 2.39. The van der Waals surface area contributed by atoms with Crippen molar-refractivity contribution in [1.29, 1.82) is 0 Å². The van der Waals surface area contributed by atoms with Crippen molar-refractivity contribution in [2.45, 2.75) is 83.5 Å². The number of likely N-dealkylation sites (tertiary alicyclic amines) is 1. The highest BCUT2D eigenvalue weighted by atomic mass is 32.1. The van der Waals surface area contributed by atoms with E-state index < -0.39 is 11.9 Å². The molecule has 5 aliphatic rings. The first-order valence-electron chi connectivity index (χ1n) is 27.0. The molecule has 4 aromatic heterocycles. The number of anilines is 2. The number of hydrogen-bond acceptors (Lipinski definition) is 16. The Labute approximate surface area is 445 Å². The molecule has 76 heavy (non-hydrogen) atoms.